The molecule has 118 valence electrons. The first-order valence-electron chi connectivity index (χ1n) is 5.62. The van der Waals surface area contributed by atoms with Crippen molar-refractivity contribution in [3.8, 4) is 0 Å². The van der Waals surface area contributed by atoms with E-state index >= 15 is 0 Å². The number of rotatable bonds is 8. The fourth-order valence-corrected chi connectivity index (χ4v) is 8.71. The van der Waals surface area contributed by atoms with Crippen LogP contribution in [0, 0.1) is 0 Å². The molecule has 0 saturated carbocycles. The number of hydrogen-bond donors (Lipinski definition) is 0. The fraction of sp³-hybridized carbons (Fsp3) is 0.455. The van der Waals surface area contributed by atoms with E-state index in [4.69, 9.17) is 44.1 Å². The number of thioether (sulfide) groups is 1. The van der Waals surface area contributed by atoms with Crippen LogP contribution in [0.15, 0.2) is 23.1 Å². The zero-order chi connectivity index (χ0) is 14.3. The van der Waals surface area contributed by atoms with Gasteiger partial charge < -0.3 is 9.05 Å². The van der Waals surface area contributed by atoms with Crippen LogP contribution in [0.1, 0.15) is 13.8 Å². The molecule has 0 bridgehead atoms. The predicted molar refractivity (Wildman–Crippen MR) is 92.3 cm³/mol. The van der Waals surface area contributed by atoms with Gasteiger partial charge >= 0.3 is 0 Å². The quantitative estimate of drug-likeness (QED) is 0.213. The van der Waals surface area contributed by atoms with Crippen LogP contribution in [-0.4, -0.2) is 18.3 Å². The third-order valence-electron chi connectivity index (χ3n) is 1.89. The Morgan fingerprint density at radius 2 is 1.80 bits per heavy atom. The van der Waals surface area contributed by atoms with E-state index in [2.05, 4.69) is 0 Å². The van der Waals surface area contributed by atoms with Crippen LogP contribution in [0.4, 0.5) is 0 Å². The van der Waals surface area contributed by atoms with Crippen molar-refractivity contribution in [2.45, 2.75) is 18.7 Å². The Morgan fingerprint density at radius 3 is 2.35 bits per heavy atom. The smallest absolute Gasteiger partial charge is 0.248 e. The molecule has 0 aliphatic carbocycles. The first-order chi connectivity index (χ1) is 9.00. The van der Waals surface area contributed by atoms with Gasteiger partial charge in [-0.1, -0.05) is 34.6 Å². The summed E-state index contributed by atoms with van der Waals surface area (Å²) in [4.78, 5) is 0.941. The maximum atomic E-state index is 6.10. The normalized spacial score (nSPS) is 11.2. The Bertz CT molecular complexity index is 455. The second kappa shape index (κ2) is 11.2. The van der Waals surface area contributed by atoms with Gasteiger partial charge in [0.05, 0.1) is 23.3 Å². The zero-order valence-electron chi connectivity index (χ0n) is 10.9. The molecule has 1 aromatic carbocycles. The van der Waals surface area contributed by atoms with Crippen molar-refractivity contribution in [2.75, 3.05) is 18.3 Å². The molecule has 0 unspecified atom stereocenters. The van der Waals surface area contributed by atoms with E-state index in [1.165, 1.54) is 11.4 Å². The minimum absolute atomic E-state index is 0. The van der Waals surface area contributed by atoms with Gasteiger partial charge in [0.25, 0.3) is 0 Å². The van der Waals surface area contributed by atoms with Crippen molar-refractivity contribution in [1.29, 1.82) is 0 Å². The maximum Gasteiger partial charge on any atom is 0.248 e. The molecule has 0 saturated heterocycles. The molecule has 0 aromatic heterocycles. The molecule has 0 fully saturated rings. The Labute approximate surface area is 153 Å². The molecule has 0 spiro atoms. The van der Waals surface area contributed by atoms with Crippen molar-refractivity contribution in [3.63, 3.8) is 0 Å². The summed E-state index contributed by atoms with van der Waals surface area (Å²) >= 11 is 20.6. The molecule has 0 N–H and O–H groups in total. The van der Waals surface area contributed by atoms with Crippen LogP contribution in [0.2, 0.25) is 10.0 Å². The predicted octanol–water partition coefficient (Wildman–Crippen LogP) is 6.07. The molecule has 9 heteroatoms. The summed E-state index contributed by atoms with van der Waals surface area (Å²) in [6, 6.07) is 5.41. The van der Waals surface area contributed by atoms with Gasteiger partial charge in [-0.25, -0.2) is 0 Å². The maximum absolute atomic E-state index is 6.10. The summed E-state index contributed by atoms with van der Waals surface area (Å²) in [5.74, 6) is 0. The molecule has 0 aliphatic heterocycles. The van der Waals surface area contributed by atoms with Crippen molar-refractivity contribution >= 4 is 63.8 Å². The molecule has 2 nitrogen and oxygen atoms in total. The minimum atomic E-state index is -2.23. The first kappa shape index (κ1) is 21.6. The van der Waals surface area contributed by atoms with Gasteiger partial charge in [0, 0.05) is 26.4 Å². The summed E-state index contributed by atoms with van der Waals surface area (Å²) in [5, 5.41) is 2.08. The van der Waals surface area contributed by atoms with Crippen LogP contribution in [0.5, 0.6) is 0 Å². The van der Waals surface area contributed by atoms with E-state index in [1.807, 2.05) is 19.9 Å². The number of benzene rings is 1. The molecule has 20 heavy (non-hydrogen) atoms. The molecule has 1 aromatic rings. The van der Waals surface area contributed by atoms with E-state index in [1.54, 1.807) is 23.9 Å². The largest absolute Gasteiger partial charge is 0.322 e. The molecule has 0 amide bonds. The molecular weight excluding hydrogens is 421 g/mol. The van der Waals surface area contributed by atoms with Crippen molar-refractivity contribution in [2.24, 2.45) is 0 Å². The summed E-state index contributed by atoms with van der Waals surface area (Å²) in [5.41, 5.74) is -2.23. The van der Waals surface area contributed by atoms with Crippen molar-refractivity contribution < 1.29 is 25.5 Å². The van der Waals surface area contributed by atoms with Crippen LogP contribution in [0.3, 0.4) is 0 Å². The average molecular weight is 436 g/mol. The molecule has 0 atom stereocenters. The third-order valence-corrected chi connectivity index (χ3v) is 9.69. The Balaban J connectivity index is 0.00000361. The summed E-state index contributed by atoms with van der Waals surface area (Å²) in [6.07, 6.45) is 0. The van der Waals surface area contributed by atoms with Gasteiger partial charge in [0.15, 0.2) is 0 Å². The molecule has 0 radical (unpaired) electrons. The van der Waals surface area contributed by atoms with Gasteiger partial charge in [-0.15, -0.1) is 11.8 Å². The monoisotopic (exact) mass is 434 g/mol. The summed E-state index contributed by atoms with van der Waals surface area (Å²) < 4.78 is 11.1. The SMILES string of the molecule is CCOP(=S)(OCC)SCSc1cc(Cl)ccc1Cl.[Ni]. The van der Waals surface area contributed by atoms with E-state index in [9.17, 15) is 0 Å². The van der Waals surface area contributed by atoms with Crippen LogP contribution >= 0.6 is 52.0 Å². The second-order valence-electron chi connectivity index (χ2n) is 3.25. The first-order valence-corrected chi connectivity index (χ1v) is 11.6. The van der Waals surface area contributed by atoms with Crippen molar-refractivity contribution in [3.05, 3.63) is 28.2 Å². The van der Waals surface area contributed by atoms with Gasteiger partial charge in [-0.05, 0) is 43.9 Å². The summed E-state index contributed by atoms with van der Waals surface area (Å²) in [6.45, 7) is 4.96. The minimum Gasteiger partial charge on any atom is -0.322 e. The molecule has 0 heterocycles. The van der Waals surface area contributed by atoms with Gasteiger partial charge in [-0.2, -0.15) is 0 Å². The molecule has 1 rings (SSSR count). The Kier molecular flexibility index (Phi) is 12.0. The van der Waals surface area contributed by atoms with Gasteiger partial charge in [0.1, 0.15) is 0 Å². The molecular formula is C11H15Cl2NiO2PS3. The third kappa shape index (κ3) is 7.71. The topological polar surface area (TPSA) is 18.5 Å². The fourth-order valence-electron chi connectivity index (χ4n) is 1.17. The Hall–Kier alpha value is 1.56. The zero-order valence-corrected chi connectivity index (χ0v) is 16.8. The summed E-state index contributed by atoms with van der Waals surface area (Å²) in [7, 11) is 0. The van der Waals surface area contributed by atoms with E-state index < -0.39 is 5.69 Å². The Morgan fingerprint density at radius 1 is 1.20 bits per heavy atom. The van der Waals surface area contributed by atoms with Gasteiger partial charge in [0.2, 0.25) is 5.69 Å². The van der Waals surface area contributed by atoms with Crippen LogP contribution in [0.25, 0.3) is 0 Å². The average Bonchev–Trinajstić information content (AvgIpc) is 2.34. The van der Waals surface area contributed by atoms with E-state index in [0.29, 0.717) is 23.3 Å². The number of halogens is 2. The van der Waals surface area contributed by atoms with E-state index in [0.717, 1.165) is 9.98 Å². The second-order valence-corrected chi connectivity index (χ2v) is 11.8. The van der Waals surface area contributed by atoms with Gasteiger partial charge in [-0.3, -0.25) is 0 Å². The number of hydrogen-bond acceptors (Lipinski definition) is 5. The van der Waals surface area contributed by atoms with Crippen LogP contribution in [-0.2, 0) is 37.3 Å². The van der Waals surface area contributed by atoms with Crippen molar-refractivity contribution in [1.82, 2.24) is 0 Å². The van der Waals surface area contributed by atoms with Crippen LogP contribution < -0.4 is 0 Å². The molecule has 0 aliphatic rings. The standard InChI is InChI=1S/C11H15Cl2O2PS3.Ni/c1-3-14-16(17,15-4-2)19-8-18-11-7-9(12)5-6-10(11)13;/h5-7H,3-4,8H2,1-2H3;. The van der Waals surface area contributed by atoms with E-state index in [-0.39, 0.29) is 16.5 Å².